The van der Waals surface area contributed by atoms with Crippen LogP contribution in [0.1, 0.15) is 50.7 Å². The summed E-state index contributed by atoms with van der Waals surface area (Å²) in [5, 5.41) is 4.61. The minimum Gasteiger partial charge on any atom is -0.297 e. The molecule has 26 heavy (non-hydrogen) atoms. The highest BCUT2D eigenvalue weighted by Crippen LogP contribution is 2.21. The lowest BCUT2D eigenvalue weighted by Crippen LogP contribution is -2.37. The zero-order chi connectivity index (χ0) is 18.7. The Morgan fingerprint density at radius 3 is 2.46 bits per heavy atom. The van der Waals surface area contributed by atoms with E-state index in [-0.39, 0.29) is 11.0 Å². The molecule has 3 rings (SSSR count). The highest BCUT2D eigenvalue weighted by Gasteiger charge is 2.22. The predicted octanol–water partition coefficient (Wildman–Crippen LogP) is 2.55. The number of hydrogen-bond acceptors (Lipinski definition) is 5. The fourth-order valence-electron chi connectivity index (χ4n) is 3.35. The fourth-order valence-corrected chi connectivity index (χ4v) is 3.35. The second kappa shape index (κ2) is 7.66. The third-order valence-electron chi connectivity index (χ3n) is 5.13. The Bertz CT molecular complexity index is 800. The Balaban J connectivity index is 1.59. The zero-order valence-electron chi connectivity index (χ0n) is 16.3. The molecule has 1 aliphatic rings. The number of piperidine rings is 1. The predicted molar refractivity (Wildman–Crippen MR) is 102 cm³/mol. The maximum absolute atomic E-state index is 12.2. The highest BCUT2D eigenvalue weighted by molar-refractivity contribution is 5.11. The molecular weight excluding hydrogens is 326 g/mol. The molecule has 0 bridgehead atoms. The normalized spacial score (nSPS) is 16.8. The molecule has 0 atom stereocenters. The molecule has 0 N–H and O–H groups in total. The second-order valence-corrected chi connectivity index (χ2v) is 8.30. The van der Waals surface area contributed by atoms with E-state index in [4.69, 9.17) is 0 Å². The van der Waals surface area contributed by atoms with Crippen molar-refractivity contribution in [1.82, 2.24) is 24.6 Å². The van der Waals surface area contributed by atoms with Gasteiger partial charge in [0.1, 0.15) is 0 Å². The summed E-state index contributed by atoms with van der Waals surface area (Å²) in [7, 11) is 0. The lowest BCUT2D eigenvalue weighted by Gasteiger charge is -2.32. The van der Waals surface area contributed by atoms with Gasteiger partial charge in [-0.25, -0.2) is 4.68 Å². The smallest absolute Gasteiger partial charge is 0.266 e. The average Bonchev–Trinajstić information content (AvgIpc) is 2.59. The lowest BCUT2D eigenvalue weighted by molar-refractivity contribution is 0.161. The van der Waals surface area contributed by atoms with Crippen molar-refractivity contribution in [3.63, 3.8) is 0 Å². The van der Waals surface area contributed by atoms with E-state index in [1.165, 1.54) is 0 Å². The maximum Gasteiger partial charge on any atom is 0.266 e. The number of likely N-dealkylation sites (tertiary alicyclic amines) is 1. The third kappa shape index (κ3) is 4.55. The van der Waals surface area contributed by atoms with Crippen molar-refractivity contribution in [3.05, 3.63) is 52.0 Å². The summed E-state index contributed by atoms with van der Waals surface area (Å²) in [4.78, 5) is 23.4. The monoisotopic (exact) mass is 355 g/mol. The maximum atomic E-state index is 12.2. The molecule has 0 unspecified atom stereocenters. The molecule has 0 radical (unpaired) electrons. The van der Waals surface area contributed by atoms with Gasteiger partial charge < -0.3 is 0 Å². The molecule has 1 saturated heterocycles. The van der Waals surface area contributed by atoms with Crippen molar-refractivity contribution in [2.45, 2.75) is 59.0 Å². The van der Waals surface area contributed by atoms with Crippen LogP contribution in [0.3, 0.4) is 0 Å². The van der Waals surface area contributed by atoms with Gasteiger partial charge in [-0.3, -0.25) is 19.7 Å². The van der Waals surface area contributed by atoms with E-state index >= 15 is 0 Å². The summed E-state index contributed by atoms with van der Waals surface area (Å²) in [5.41, 5.74) is 2.97. The largest absolute Gasteiger partial charge is 0.297 e. The van der Waals surface area contributed by atoms with Crippen molar-refractivity contribution in [2.75, 3.05) is 13.1 Å². The Kier molecular flexibility index (Phi) is 5.51. The van der Waals surface area contributed by atoms with Crippen LogP contribution in [0.4, 0.5) is 0 Å². The quantitative estimate of drug-likeness (QED) is 0.843. The van der Waals surface area contributed by atoms with Crippen molar-refractivity contribution < 1.29 is 0 Å². The van der Waals surface area contributed by atoms with E-state index in [0.29, 0.717) is 12.5 Å². The molecule has 0 saturated carbocycles. The molecule has 1 fully saturated rings. The van der Waals surface area contributed by atoms with Gasteiger partial charge in [0.05, 0.1) is 17.1 Å². The number of aryl methyl sites for hydroxylation is 1. The molecule has 0 aromatic carbocycles. The Morgan fingerprint density at radius 2 is 1.81 bits per heavy atom. The van der Waals surface area contributed by atoms with Gasteiger partial charge >= 0.3 is 0 Å². The van der Waals surface area contributed by atoms with Gasteiger partial charge in [0.2, 0.25) is 0 Å². The van der Waals surface area contributed by atoms with Gasteiger partial charge in [-0.1, -0.05) is 20.8 Å². The standard InChI is InChI=1S/C20H29N5O/c1-15-17(22-10-9-21-15)14-24-11-7-16(8-12-24)13-25-19(26)6-5-18(23-25)20(2,3)4/h5-6,9-10,16H,7-8,11-14H2,1-4H3. The van der Waals surface area contributed by atoms with Gasteiger partial charge in [-0.15, -0.1) is 0 Å². The molecule has 2 aromatic rings. The minimum absolute atomic E-state index is 0.00406. The summed E-state index contributed by atoms with van der Waals surface area (Å²) in [6.07, 6.45) is 5.65. The van der Waals surface area contributed by atoms with Crippen molar-refractivity contribution in [3.8, 4) is 0 Å². The number of hydrogen-bond donors (Lipinski definition) is 0. The van der Waals surface area contributed by atoms with Gasteiger partial charge in [0.25, 0.3) is 5.56 Å². The molecule has 2 aromatic heterocycles. The number of rotatable bonds is 4. The van der Waals surface area contributed by atoms with E-state index in [9.17, 15) is 4.79 Å². The highest BCUT2D eigenvalue weighted by atomic mass is 16.1. The van der Waals surface area contributed by atoms with Gasteiger partial charge in [0.15, 0.2) is 0 Å². The average molecular weight is 355 g/mol. The minimum atomic E-state index is -0.0482. The van der Waals surface area contributed by atoms with Gasteiger partial charge in [-0.05, 0) is 44.8 Å². The Hall–Kier alpha value is -2.08. The first-order valence-electron chi connectivity index (χ1n) is 9.40. The Morgan fingerprint density at radius 1 is 1.12 bits per heavy atom. The molecule has 0 aliphatic carbocycles. The van der Waals surface area contributed by atoms with Crippen LogP contribution in [0, 0.1) is 12.8 Å². The van der Waals surface area contributed by atoms with Crippen LogP contribution in [0.5, 0.6) is 0 Å². The van der Waals surface area contributed by atoms with Crippen LogP contribution in [0.25, 0.3) is 0 Å². The molecule has 1 aliphatic heterocycles. The second-order valence-electron chi connectivity index (χ2n) is 8.30. The van der Waals surface area contributed by atoms with Crippen LogP contribution in [0.15, 0.2) is 29.3 Å². The topological polar surface area (TPSA) is 63.9 Å². The van der Waals surface area contributed by atoms with Crippen molar-refractivity contribution in [1.29, 1.82) is 0 Å². The first-order chi connectivity index (χ1) is 12.3. The van der Waals surface area contributed by atoms with E-state index < -0.39 is 0 Å². The van der Waals surface area contributed by atoms with E-state index in [1.807, 2.05) is 13.0 Å². The third-order valence-corrected chi connectivity index (χ3v) is 5.13. The molecule has 0 spiro atoms. The van der Waals surface area contributed by atoms with E-state index in [2.05, 4.69) is 40.7 Å². The summed E-state index contributed by atoms with van der Waals surface area (Å²) in [5.74, 6) is 0.495. The van der Waals surface area contributed by atoms with Gasteiger partial charge in [-0.2, -0.15) is 5.10 Å². The van der Waals surface area contributed by atoms with Crippen LogP contribution in [0.2, 0.25) is 0 Å². The molecule has 6 heteroatoms. The Labute approximate surface area is 155 Å². The SMILES string of the molecule is Cc1nccnc1CN1CCC(Cn2nc(C(C)(C)C)ccc2=O)CC1. The number of nitrogens with zero attached hydrogens (tertiary/aromatic N) is 5. The zero-order valence-corrected chi connectivity index (χ0v) is 16.3. The van der Waals surface area contributed by atoms with Crippen LogP contribution < -0.4 is 5.56 Å². The summed E-state index contributed by atoms with van der Waals surface area (Å²) < 4.78 is 1.66. The summed E-state index contributed by atoms with van der Waals surface area (Å²) >= 11 is 0. The van der Waals surface area contributed by atoms with Crippen molar-refractivity contribution in [2.24, 2.45) is 5.92 Å². The van der Waals surface area contributed by atoms with Gasteiger partial charge in [0, 0.05) is 37.0 Å². The molecular formula is C20H29N5O. The molecule has 140 valence electrons. The summed E-state index contributed by atoms with van der Waals surface area (Å²) in [6, 6.07) is 3.50. The first kappa shape index (κ1) is 18.7. The number of aromatic nitrogens is 4. The van der Waals surface area contributed by atoms with Crippen LogP contribution >= 0.6 is 0 Å². The molecule has 6 nitrogen and oxygen atoms in total. The van der Waals surface area contributed by atoms with E-state index in [1.54, 1.807) is 23.1 Å². The van der Waals surface area contributed by atoms with Crippen LogP contribution in [-0.4, -0.2) is 37.7 Å². The van der Waals surface area contributed by atoms with E-state index in [0.717, 1.165) is 49.6 Å². The lowest BCUT2D eigenvalue weighted by atomic mass is 9.92. The fraction of sp³-hybridized carbons (Fsp3) is 0.600. The summed E-state index contributed by atoms with van der Waals surface area (Å²) in [6.45, 7) is 12.0. The first-order valence-corrected chi connectivity index (χ1v) is 9.40. The van der Waals surface area contributed by atoms with Crippen molar-refractivity contribution >= 4 is 0 Å². The molecule has 0 amide bonds. The molecule has 3 heterocycles. The van der Waals surface area contributed by atoms with Crippen LogP contribution in [-0.2, 0) is 18.5 Å².